The van der Waals surface area contributed by atoms with Crippen LogP contribution in [-0.2, 0) is 20.7 Å². The third kappa shape index (κ3) is 5.34. The van der Waals surface area contributed by atoms with Gasteiger partial charge in [0.2, 0.25) is 5.91 Å². The molecular weight excluding hydrogens is 370 g/mol. The molecule has 0 aromatic heterocycles. The van der Waals surface area contributed by atoms with Crippen molar-refractivity contribution < 1.29 is 19.1 Å². The molecule has 2 aromatic rings. The van der Waals surface area contributed by atoms with Crippen LogP contribution in [0.25, 0.3) is 0 Å². The fraction of sp³-hybridized carbons (Fsp3) is 0.318. The maximum atomic E-state index is 12.6. The maximum Gasteiger partial charge on any atom is 0.319 e. The van der Waals surface area contributed by atoms with Gasteiger partial charge in [-0.3, -0.25) is 9.59 Å². The summed E-state index contributed by atoms with van der Waals surface area (Å²) in [6.07, 6.45) is 0.740. The number of amides is 3. The van der Waals surface area contributed by atoms with E-state index in [0.29, 0.717) is 25.3 Å². The Hall–Kier alpha value is -3.35. The Morgan fingerprint density at radius 2 is 1.79 bits per heavy atom. The largest absolute Gasteiger partial charge is 0.466 e. The molecule has 0 spiro atoms. The number of benzene rings is 2. The van der Waals surface area contributed by atoms with Crippen molar-refractivity contribution in [3.63, 3.8) is 0 Å². The number of nitrogens with one attached hydrogen (secondary N) is 2. The summed E-state index contributed by atoms with van der Waals surface area (Å²) in [6, 6.07) is 13.7. The molecule has 1 aliphatic heterocycles. The number of esters is 1. The molecule has 0 bridgehead atoms. The average molecular weight is 395 g/mol. The number of carbonyl (C=O) groups excluding carboxylic acids is 3. The monoisotopic (exact) mass is 395 g/mol. The van der Waals surface area contributed by atoms with Crippen LogP contribution >= 0.6 is 0 Å². The van der Waals surface area contributed by atoms with E-state index in [1.807, 2.05) is 31.2 Å². The van der Waals surface area contributed by atoms with Gasteiger partial charge in [-0.2, -0.15) is 0 Å². The topological polar surface area (TPSA) is 87.7 Å². The minimum atomic E-state index is -0.556. The van der Waals surface area contributed by atoms with E-state index in [1.165, 1.54) is 0 Å². The first kappa shape index (κ1) is 20.4. The molecule has 3 amide bonds. The summed E-state index contributed by atoms with van der Waals surface area (Å²) in [5.74, 6) is -0.405. The van der Waals surface area contributed by atoms with E-state index >= 15 is 0 Å². The molecular formula is C22H25N3O4. The molecule has 1 heterocycles. The Morgan fingerprint density at radius 1 is 1.10 bits per heavy atom. The highest BCUT2D eigenvalue weighted by Gasteiger charge is 2.33. The van der Waals surface area contributed by atoms with Gasteiger partial charge >= 0.3 is 12.0 Å². The maximum absolute atomic E-state index is 12.6. The molecule has 2 N–H and O–H groups in total. The second kappa shape index (κ2) is 9.23. The normalized spacial score (nSPS) is 15.9. The van der Waals surface area contributed by atoms with Gasteiger partial charge in [-0.1, -0.05) is 29.8 Å². The molecule has 0 aliphatic carbocycles. The van der Waals surface area contributed by atoms with Crippen molar-refractivity contribution in [1.82, 2.24) is 5.32 Å². The average Bonchev–Trinajstić information content (AvgIpc) is 3.04. The van der Waals surface area contributed by atoms with Crippen molar-refractivity contribution >= 4 is 29.3 Å². The molecule has 3 rings (SSSR count). The molecule has 29 heavy (non-hydrogen) atoms. The highest BCUT2D eigenvalue weighted by molar-refractivity contribution is 6.02. The molecule has 1 unspecified atom stereocenters. The summed E-state index contributed by atoms with van der Waals surface area (Å²) in [5.41, 5.74) is 3.34. The van der Waals surface area contributed by atoms with Gasteiger partial charge in [-0.25, -0.2) is 4.79 Å². The number of hydrogen-bond donors (Lipinski definition) is 2. The van der Waals surface area contributed by atoms with Crippen LogP contribution in [0.4, 0.5) is 16.2 Å². The zero-order chi connectivity index (χ0) is 20.8. The number of nitrogens with zero attached hydrogens (tertiary/aromatic N) is 1. The summed E-state index contributed by atoms with van der Waals surface area (Å²) in [5, 5.41) is 5.46. The summed E-state index contributed by atoms with van der Waals surface area (Å²) in [4.78, 5) is 38.1. The lowest BCUT2D eigenvalue weighted by atomic mass is 10.1. The second-order valence-corrected chi connectivity index (χ2v) is 6.94. The van der Waals surface area contributed by atoms with Gasteiger partial charge in [0.15, 0.2) is 0 Å². The summed E-state index contributed by atoms with van der Waals surface area (Å²) < 4.78 is 4.92. The quantitative estimate of drug-likeness (QED) is 0.736. The Bertz CT molecular complexity index is 878. The molecule has 0 radical (unpaired) electrons. The van der Waals surface area contributed by atoms with E-state index in [4.69, 9.17) is 4.74 Å². The van der Waals surface area contributed by atoms with Crippen molar-refractivity contribution in [3.8, 4) is 0 Å². The Balaban J connectivity index is 1.52. The van der Waals surface area contributed by atoms with Gasteiger partial charge in [-0.15, -0.1) is 0 Å². The third-order valence-corrected chi connectivity index (χ3v) is 4.72. The van der Waals surface area contributed by atoms with Crippen molar-refractivity contribution in [2.75, 3.05) is 23.4 Å². The lowest BCUT2D eigenvalue weighted by molar-refractivity contribution is -0.142. The molecule has 7 nitrogen and oxygen atoms in total. The first-order chi connectivity index (χ1) is 14.0. The fourth-order valence-electron chi connectivity index (χ4n) is 3.20. The molecule has 1 fully saturated rings. The Labute approximate surface area is 170 Å². The number of rotatable bonds is 6. The standard InChI is InChI=1S/C22H25N3O4/c1-3-29-20(26)14-16-6-8-17(9-7-16)23-22(28)24-19-12-13-25(21(19)27)18-10-4-15(2)5-11-18/h4-11,19H,3,12-14H2,1-2H3,(H2,23,24,28). The molecule has 1 saturated heterocycles. The van der Waals surface area contributed by atoms with Gasteiger partial charge in [-0.05, 0) is 50.1 Å². The number of aryl methyl sites for hydroxylation is 1. The van der Waals surface area contributed by atoms with Gasteiger partial charge in [0.1, 0.15) is 6.04 Å². The van der Waals surface area contributed by atoms with Crippen molar-refractivity contribution in [2.45, 2.75) is 32.7 Å². The van der Waals surface area contributed by atoms with E-state index in [9.17, 15) is 14.4 Å². The molecule has 152 valence electrons. The fourth-order valence-corrected chi connectivity index (χ4v) is 3.20. The summed E-state index contributed by atoms with van der Waals surface area (Å²) in [7, 11) is 0. The van der Waals surface area contributed by atoms with Gasteiger partial charge < -0.3 is 20.3 Å². The van der Waals surface area contributed by atoms with Crippen LogP contribution in [0, 0.1) is 6.92 Å². The summed E-state index contributed by atoms with van der Waals surface area (Å²) >= 11 is 0. The Kier molecular flexibility index (Phi) is 6.49. The molecule has 0 saturated carbocycles. The van der Waals surface area contributed by atoms with E-state index in [-0.39, 0.29) is 18.3 Å². The SMILES string of the molecule is CCOC(=O)Cc1ccc(NC(=O)NC2CCN(c3ccc(C)cc3)C2=O)cc1. The van der Waals surface area contributed by atoms with Crippen LogP contribution < -0.4 is 15.5 Å². The molecule has 2 aromatic carbocycles. The van der Waals surface area contributed by atoms with Crippen LogP contribution in [0.15, 0.2) is 48.5 Å². The first-order valence-electron chi connectivity index (χ1n) is 9.66. The predicted octanol–water partition coefficient (Wildman–Crippen LogP) is 3.03. The number of anilines is 2. The smallest absolute Gasteiger partial charge is 0.319 e. The third-order valence-electron chi connectivity index (χ3n) is 4.72. The van der Waals surface area contributed by atoms with Crippen LogP contribution in [0.3, 0.4) is 0 Å². The number of carbonyl (C=O) groups is 3. The zero-order valence-corrected chi connectivity index (χ0v) is 16.6. The van der Waals surface area contributed by atoms with Crippen LogP contribution in [0.2, 0.25) is 0 Å². The van der Waals surface area contributed by atoms with Crippen LogP contribution in [0.1, 0.15) is 24.5 Å². The van der Waals surface area contributed by atoms with Gasteiger partial charge in [0, 0.05) is 17.9 Å². The highest BCUT2D eigenvalue weighted by Crippen LogP contribution is 2.22. The van der Waals surface area contributed by atoms with E-state index in [0.717, 1.165) is 16.8 Å². The predicted molar refractivity (Wildman–Crippen MR) is 111 cm³/mol. The zero-order valence-electron chi connectivity index (χ0n) is 16.6. The van der Waals surface area contributed by atoms with Crippen molar-refractivity contribution in [1.29, 1.82) is 0 Å². The summed E-state index contributed by atoms with van der Waals surface area (Å²) in [6.45, 7) is 4.67. The highest BCUT2D eigenvalue weighted by atomic mass is 16.5. The molecule has 1 aliphatic rings. The minimum absolute atomic E-state index is 0.117. The van der Waals surface area contributed by atoms with Crippen molar-refractivity contribution in [3.05, 3.63) is 59.7 Å². The lowest BCUT2D eigenvalue weighted by Crippen LogP contribution is -2.43. The number of ether oxygens (including phenoxy) is 1. The first-order valence-corrected chi connectivity index (χ1v) is 9.66. The number of hydrogen-bond acceptors (Lipinski definition) is 4. The van der Waals surface area contributed by atoms with Crippen molar-refractivity contribution in [2.24, 2.45) is 0 Å². The van der Waals surface area contributed by atoms with Crippen LogP contribution in [0.5, 0.6) is 0 Å². The minimum Gasteiger partial charge on any atom is -0.466 e. The number of urea groups is 1. The second-order valence-electron chi connectivity index (χ2n) is 6.94. The van der Waals surface area contributed by atoms with E-state index in [2.05, 4.69) is 10.6 Å². The van der Waals surface area contributed by atoms with E-state index < -0.39 is 12.1 Å². The van der Waals surface area contributed by atoms with Gasteiger partial charge in [0.25, 0.3) is 0 Å². The van der Waals surface area contributed by atoms with E-state index in [1.54, 1.807) is 36.1 Å². The molecule has 7 heteroatoms. The Morgan fingerprint density at radius 3 is 2.45 bits per heavy atom. The lowest BCUT2D eigenvalue weighted by Gasteiger charge is -2.17. The van der Waals surface area contributed by atoms with Gasteiger partial charge in [0.05, 0.1) is 13.0 Å². The molecule has 1 atom stereocenters. The van der Waals surface area contributed by atoms with Crippen LogP contribution in [-0.4, -0.2) is 37.1 Å².